The van der Waals surface area contributed by atoms with E-state index in [0.29, 0.717) is 11.8 Å². The van der Waals surface area contributed by atoms with Crippen molar-refractivity contribution in [3.8, 4) is 0 Å². The van der Waals surface area contributed by atoms with Crippen LogP contribution in [0, 0.1) is 22.0 Å². The summed E-state index contributed by atoms with van der Waals surface area (Å²) in [5.41, 5.74) is 0. The van der Waals surface area contributed by atoms with E-state index in [9.17, 15) is 10.1 Å². The molecule has 0 amide bonds. The van der Waals surface area contributed by atoms with Gasteiger partial charge in [0.25, 0.3) is 0 Å². The number of hydrogen-bond acceptors (Lipinski definition) is 4. The average molecular weight is 184 g/mol. The lowest BCUT2D eigenvalue weighted by Crippen LogP contribution is -2.71. The Morgan fingerprint density at radius 3 is 1.92 bits per heavy atom. The summed E-state index contributed by atoms with van der Waals surface area (Å²) >= 11 is 0. The van der Waals surface area contributed by atoms with Gasteiger partial charge in [-0.05, 0) is 18.3 Å². The zero-order chi connectivity index (χ0) is 9.00. The summed E-state index contributed by atoms with van der Waals surface area (Å²) < 4.78 is 0. The zero-order valence-corrected chi connectivity index (χ0v) is 7.30. The number of piperidine rings is 2. The first-order chi connectivity index (χ1) is 6.24. The van der Waals surface area contributed by atoms with Crippen molar-refractivity contribution in [3.05, 3.63) is 10.1 Å². The molecule has 0 saturated carbocycles. The van der Waals surface area contributed by atoms with Crippen LogP contribution >= 0.6 is 0 Å². The van der Waals surface area contributed by atoms with Gasteiger partial charge in [0, 0.05) is 31.4 Å². The molecule has 0 spiro atoms. The minimum atomic E-state index is -0.308. The van der Waals surface area contributed by atoms with Crippen LogP contribution in [0.15, 0.2) is 0 Å². The highest BCUT2D eigenvalue weighted by atomic mass is 16.7. The lowest BCUT2D eigenvalue weighted by Gasteiger charge is -2.53. The maximum atomic E-state index is 10.7. The predicted molar refractivity (Wildman–Crippen MR) is 43.6 cm³/mol. The molecule has 0 aromatic rings. The van der Waals surface area contributed by atoms with Gasteiger partial charge in [-0.25, -0.2) is 10.1 Å². The van der Waals surface area contributed by atoms with E-state index in [-0.39, 0.29) is 5.03 Å². The van der Waals surface area contributed by atoms with Crippen LogP contribution in [-0.4, -0.2) is 46.5 Å². The van der Waals surface area contributed by atoms with Crippen LogP contribution in [0.25, 0.3) is 0 Å². The highest BCUT2D eigenvalue weighted by Gasteiger charge is 2.49. The van der Waals surface area contributed by atoms with Crippen LogP contribution in [0.3, 0.4) is 0 Å². The van der Waals surface area contributed by atoms with Gasteiger partial charge in [-0.2, -0.15) is 0 Å². The first-order valence-corrected chi connectivity index (χ1v) is 4.68. The molecule has 0 aliphatic carbocycles. The molecular weight excluding hydrogens is 172 g/mol. The van der Waals surface area contributed by atoms with Gasteiger partial charge < -0.3 is 0 Å². The molecule has 4 bridgehead atoms. The van der Waals surface area contributed by atoms with E-state index in [2.05, 4.69) is 0 Å². The third-order valence-electron chi connectivity index (χ3n) is 3.19. The molecule has 0 atom stereocenters. The molecule has 4 fully saturated rings. The topological polar surface area (TPSA) is 52.9 Å². The molecule has 4 aliphatic rings. The third-order valence-corrected chi connectivity index (χ3v) is 3.19. The van der Waals surface area contributed by atoms with Gasteiger partial charge in [0.1, 0.15) is 0 Å². The molecule has 0 aromatic heterocycles. The van der Waals surface area contributed by atoms with Crippen molar-refractivity contribution in [1.29, 1.82) is 0 Å². The monoisotopic (exact) mass is 184 g/mol. The fourth-order valence-electron chi connectivity index (χ4n) is 2.90. The van der Waals surface area contributed by atoms with Crippen LogP contribution in [0.1, 0.15) is 6.42 Å². The molecule has 0 unspecified atom stereocenters. The quantitative estimate of drug-likeness (QED) is 0.409. The van der Waals surface area contributed by atoms with E-state index >= 15 is 0 Å². The van der Waals surface area contributed by atoms with E-state index in [1.165, 1.54) is 11.6 Å². The summed E-state index contributed by atoms with van der Waals surface area (Å²) in [4.78, 5) is 10.7. The SMILES string of the molecule is O=[N+]([O-])N1N2CC3CC(C2)CN1C3. The minimum absolute atomic E-state index is 0.308. The first kappa shape index (κ1) is 7.52. The Balaban J connectivity index is 1.89. The number of nitro groups is 1. The summed E-state index contributed by atoms with van der Waals surface area (Å²) in [6.07, 6.45) is 1.26. The Labute approximate surface area is 75.8 Å². The van der Waals surface area contributed by atoms with E-state index < -0.39 is 0 Å². The van der Waals surface area contributed by atoms with Crippen molar-refractivity contribution in [2.75, 3.05) is 26.2 Å². The maximum absolute atomic E-state index is 10.7. The van der Waals surface area contributed by atoms with Gasteiger partial charge in [0.15, 0.2) is 5.03 Å². The Bertz CT molecular complexity index is 229. The standard InChI is InChI=1S/C7H12N4O2/c12-11(13)10-8-2-6-1-7(4-8)5-9(10)3-6/h6-7H,1-5H2. The maximum Gasteiger partial charge on any atom is 0.193 e. The molecule has 4 aliphatic heterocycles. The highest BCUT2D eigenvalue weighted by molar-refractivity contribution is 4.88. The minimum Gasteiger partial charge on any atom is -0.232 e. The molecular formula is C7H12N4O2. The van der Waals surface area contributed by atoms with Crippen LogP contribution in [-0.2, 0) is 0 Å². The predicted octanol–water partition coefficient (Wildman–Crippen LogP) is -0.423. The van der Waals surface area contributed by atoms with Crippen molar-refractivity contribution in [2.45, 2.75) is 6.42 Å². The van der Waals surface area contributed by atoms with Gasteiger partial charge in [0.05, 0.1) is 0 Å². The molecule has 6 heteroatoms. The van der Waals surface area contributed by atoms with Crippen molar-refractivity contribution in [3.63, 3.8) is 0 Å². The molecule has 4 rings (SSSR count). The van der Waals surface area contributed by atoms with Gasteiger partial charge >= 0.3 is 0 Å². The summed E-state index contributed by atoms with van der Waals surface area (Å²) in [5, 5.41) is 15.4. The summed E-state index contributed by atoms with van der Waals surface area (Å²) in [6.45, 7) is 3.48. The zero-order valence-electron chi connectivity index (χ0n) is 7.30. The van der Waals surface area contributed by atoms with Crippen LogP contribution in [0.2, 0.25) is 0 Å². The van der Waals surface area contributed by atoms with Crippen LogP contribution in [0.4, 0.5) is 0 Å². The highest BCUT2D eigenvalue weighted by Crippen LogP contribution is 2.35. The Hall–Kier alpha value is -0.880. The van der Waals surface area contributed by atoms with E-state index in [0.717, 1.165) is 26.2 Å². The largest absolute Gasteiger partial charge is 0.232 e. The molecule has 0 N–H and O–H groups in total. The smallest absolute Gasteiger partial charge is 0.193 e. The summed E-state index contributed by atoms with van der Waals surface area (Å²) in [5.74, 6) is 1.31. The second-order valence-electron chi connectivity index (χ2n) is 4.22. The fourth-order valence-corrected chi connectivity index (χ4v) is 2.90. The second kappa shape index (κ2) is 2.33. The van der Waals surface area contributed by atoms with Crippen LogP contribution < -0.4 is 0 Å². The van der Waals surface area contributed by atoms with E-state index in [4.69, 9.17) is 0 Å². The number of rotatable bonds is 1. The van der Waals surface area contributed by atoms with Crippen molar-refractivity contribution in [2.24, 2.45) is 11.8 Å². The number of hydrogen-bond donors (Lipinski definition) is 0. The Morgan fingerprint density at radius 1 is 1.08 bits per heavy atom. The lowest BCUT2D eigenvalue weighted by atomic mass is 9.85. The second-order valence-corrected chi connectivity index (χ2v) is 4.22. The molecule has 4 heterocycles. The summed E-state index contributed by atoms with van der Waals surface area (Å²) in [6, 6.07) is 0. The van der Waals surface area contributed by atoms with Gasteiger partial charge in [-0.3, -0.25) is 0 Å². The molecule has 0 aromatic carbocycles. The molecule has 4 saturated heterocycles. The summed E-state index contributed by atoms with van der Waals surface area (Å²) in [7, 11) is 0. The molecule has 0 radical (unpaired) electrons. The van der Waals surface area contributed by atoms with Gasteiger partial charge in [-0.15, -0.1) is 10.0 Å². The van der Waals surface area contributed by atoms with E-state index in [1.54, 1.807) is 0 Å². The molecule has 72 valence electrons. The lowest BCUT2D eigenvalue weighted by molar-refractivity contribution is -0.758. The van der Waals surface area contributed by atoms with Crippen molar-refractivity contribution >= 4 is 0 Å². The first-order valence-electron chi connectivity index (χ1n) is 4.68. The average Bonchev–Trinajstić information content (AvgIpc) is 2.00. The van der Waals surface area contributed by atoms with E-state index in [1.807, 2.05) is 10.0 Å². The van der Waals surface area contributed by atoms with Crippen LogP contribution in [0.5, 0.6) is 0 Å². The van der Waals surface area contributed by atoms with Crippen molar-refractivity contribution in [1.82, 2.24) is 15.2 Å². The van der Waals surface area contributed by atoms with Gasteiger partial charge in [-0.1, -0.05) is 0 Å². The Morgan fingerprint density at radius 2 is 1.54 bits per heavy atom. The normalized spacial score (nSPS) is 46.9. The van der Waals surface area contributed by atoms with Gasteiger partial charge in [0.2, 0.25) is 0 Å². The number of nitrogens with zero attached hydrogens (tertiary/aromatic N) is 4. The van der Waals surface area contributed by atoms with Crippen molar-refractivity contribution < 1.29 is 5.03 Å². The fraction of sp³-hybridized carbons (Fsp3) is 1.00. The molecule has 13 heavy (non-hydrogen) atoms. The Kier molecular flexibility index (Phi) is 1.35. The number of hydrazine groups is 3. The third kappa shape index (κ3) is 0.955. The molecule has 6 nitrogen and oxygen atoms in total.